The highest BCUT2D eigenvalue weighted by Gasteiger charge is 2.14. The third-order valence-electron chi connectivity index (χ3n) is 3.94. The van der Waals surface area contributed by atoms with Gasteiger partial charge in [0.1, 0.15) is 11.3 Å². The normalized spacial score (nSPS) is 10.8. The number of anilines is 1. The standard InChI is InChI=1S/C19H21N3O2/c1-14-11-17(16-6-3-7-18(24-2)19(16)21-14)22(9-10-23)13-15-5-4-8-20-12-15/h3-8,11-12,23H,9-10,13H2,1-2H3. The summed E-state index contributed by atoms with van der Waals surface area (Å²) in [5.74, 6) is 0.753. The number of fused-ring (bicyclic) bond motifs is 1. The fourth-order valence-corrected chi connectivity index (χ4v) is 2.87. The first kappa shape index (κ1) is 16.2. The zero-order valence-corrected chi connectivity index (χ0v) is 13.9. The van der Waals surface area contributed by atoms with Gasteiger partial charge in [0, 0.05) is 42.3 Å². The minimum Gasteiger partial charge on any atom is -0.494 e. The van der Waals surface area contributed by atoms with Crippen molar-refractivity contribution in [3.05, 3.63) is 60.0 Å². The van der Waals surface area contributed by atoms with Crippen LogP contribution in [-0.2, 0) is 6.54 Å². The Balaban J connectivity index is 2.10. The maximum absolute atomic E-state index is 9.52. The first-order valence-electron chi connectivity index (χ1n) is 7.92. The van der Waals surface area contributed by atoms with Gasteiger partial charge < -0.3 is 14.7 Å². The van der Waals surface area contributed by atoms with Crippen LogP contribution in [0.2, 0.25) is 0 Å². The maximum atomic E-state index is 9.52. The number of pyridine rings is 2. The van der Waals surface area contributed by atoms with E-state index in [9.17, 15) is 5.11 Å². The van der Waals surface area contributed by atoms with Crippen molar-refractivity contribution in [3.63, 3.8) is 0 Å². The molecule has 2 aromatic heterocycles. The predicted molar refractivity (Wildman–Crippen MR) is 95.4 cm³/mol. The monoisotopic (exact) mass is 323 g/mol. The molecule has 0 atom stereocenters. The number of aliphatic hydroxyl groups is 1. The van der Waals surface area contributed by atoms with Gasteiger partial charge in [-0.3, -0.25) is 4.98 Å². The molecular formula is C19H21N3O2. The summed E-state index contributed by atoms with van der Waals surface area (Å²) in [4.78, 5) is 11.0. The Bertz CT molecular complexity index is 821. The second-order valence-electron chi connectivity index (χ2n) is 5.65. The quantitative estimate of drug-likeness (QED) is 0.756. The van der Waals surface area contributed by atoms with Crippen LogP contribution in [0.1, 0.15) is 11.3 Å². The number of hydrogen-bond donors (Lipinski definition) is 1. The van der Waals surface area contributed by atoms with Crippen molar-refractivity contribution in [3.8, 4) is 5.75 Å². The van der Waals surface area contributed by atoms with E-state index in [4.69, 9.17) is 4.74 Å². The molecule has 1 aromatic carbocycles. The molecule has 0 aliphatic carbocycles. The fourth-order valence-electron chi connectivity index (χ4n) is 2.87. The van der Waals surface area contributed by atoms with Crippen molar-refractivity contribution >= 4 is 16.6 Å². The van der Waals surface area contributed by atoms with Crippen molar-refractivity contribution in [1.29, 1.82) is 0 Å². The Morgan fingerprint density at radius 3 is 2.79 bits per heavy atom. The van der Waals surface area contributed by atoms with Crippen LogP contribution >= 0.6 is 0 Å². The first-order valence-corrected chi connectivity index (χ1v) is 7.92. The highest BCUT2D eigenvalue weighted by atomic mass is 16.5. The van der Waals surface area contributed by atoms with Gasteiger partial charge in [0.15, 0.2) is 0 Å². The zero-order valence-electron chi connectivity index (χ0n) is 13.9. The van der Waals surface area contributed by atoms with Crippen molar-refractivity contribution in [2.24, 2.45) is 0 Å². The van der Waals surface area contributed by atoms with Gasteiger partial charge in [-0.05, 0) is 30.7 Å². The van der Waals surface area contributed by atoms with E-state index >= 15 is 0 Å². The summed E-state index contributed by atoms with van der Waals surface area (Å²) < 4.78 is 5.46. The van der Waals surface area contributed by atoms with Gasteiger partial charge in [0.25, 0.3) is 0 Å². The van der Waals surface area contributed by atoms with Gasteiger partial charge in [-0.15, -0.1) is 0 Å². The van der Waals surface area contributed by atoms with E-state index < -0.39 is 0 Å². The fraction of sp³-hybridized carbons (Fsp3) is 0.263. The topological polar surface area (TPSA) is 58.5 Å². The van der Waals surface area contributed by atoms with Crippen LogP contribution in [0.25, 0.3) is 10.9 Å². The molecule has 5 heteroatoms. The molecule has 24 heavy (non-hydrogen) atoms. The molecule has 0 amide bonds. The molecule has 0 aliphatic heterocycles. The summed E-state index contributed by atoms with van der Waals surface area (Å²) in [5.41, 5.74) is 3.88. The SMILES string of the molecule is COc1cccc2c(N(CCO)Cc3cccnc3)cc(C)nc12. The lowest BCUT2D eigenvalue weighted by Gasteiger charge is -2.26. The molecule has 0 spiro atoms. The number of hydrogen-bond acceptors (Lipinski definition) is 5. The highest BCUT2D eigenvalue weighted by Crippen LogP contribution is 2.32. The van der Waals surface area contributed by atoms with Crippen LogP contribution < -0.4 is 9.64 Å². The predicted octanol–water partition coefficient (Wildman–Crippen LogP) is 2.95. The van der Waals surface area contributed by atoms with Crippen LogP contribution in [0.4, 0.5) is 5.69 Å². The lowest BCUT2D eigenvalue weighted by molar-refractivity contribution is 0.301. The van der Waals surface area contributed by atoms with Gasteiger partial charge >= 0.3 is 0 Å². The maximum Gasteiger partial charge on any atom is 0.145 e. The number of rotatable bonds is 6. The number of aryl methyl sites for hydroxylation is 1. The third-order valence-corrected chi connectivity index (χ3v) is 3.94. The van der Waals surface area contributed by atoms with Crippen molar-refractivity contribution in [2.45, 2.75) is 13.5 Å². The highest BCUT2D eigenvalue weighted by molar-refractivity contribution is 5.95. The number of para-hydroxylation sites is 1. The third kappa shape index (κ3) is 3.31. The summed E-state index contributed by atoms with van der Waals surface area (Å²) >= 11 is 0. The molecule has 0 radical (unpaired) electrons. The van der Waals surface area contributed by atoms with E-state index in [-0.39, 0.29) is 6.61 Å². The summed E-state index contributed by atoms with van der Waals surface area (Å²) in [5, 5.41) is 10.5. The van der Waals surface area contributed by atoms with Crippen LogP contribution in [0.5, 0.6) is 5.75 Å². The summed E-state index contributed by atoms with van der Waals surface area (Å²) in [6.45, 7) is 3.25. The molecule has 124 valence electrons. The van der Waals surface area contributed by atoms with Crippen LogP contribution in [-0.4, -0.2) is 35.3 Å². The summed E-state index contributed by atoms with van der Waals surface area (Å²) in [6, 6.07) is 11.9. The molecule has 5 nitrogen and oxygen atoms in total. The van der Waals surface area contributed by atoms with Crippen LogP contribution in [0.3, 0.4) is 0 Å². The Hall–Kier alpha value is -2.66. The van der Waals surface area contributed by atoms with Gasteiger partial charge in [0.05, 0.1) is 13.7 Å². The smallest absolute Gasteiger partial charge is 0.145 e. The molecule has 0 saturated carbocycles. The second kappa shape index (κ2) is 7.27. The Morgan fingerprint density at radius 1 is 1.21 bits per heavy atom. The van der Waals surface area contributed by atoms with Crippen LogP contribution in [0, 0.1) is 6.92 Å². The number of nitrogens with zero attached hydrogens (tertiary/aromatic N) is 3. The van der Waals surface area contributed by atoms with Gasteiger partial charge in [0.2, 0.25) is 0 Å². The lowest BCUT2D eigenvalue weighted by atomic mass is 10.1. The molecule has 0 fully saturated rings. The van der Waals surface area contributed by atoms with Gasteiger partial charge in [-0.1, -0.05) is 18.2 Å². The molecule has 1 N–H and O–H groups in total. The second-order valence-corrected chi connectivity index (χ2v) is 5.65. The summed E-state index contributed by atoms with van der Waals surface area (Å²) in [6.07, 6.45) is 3.61. The van der Waals surface area contributed by atoms with Crippen molar-refractivity contribution < 1.29 is 9.84 Å². The molecule has 3 aromatic rings. The van der Waals surface area contributed by atoms with Gasteiger partial charge in [-0.25, -0.2) is 4.98 Å². The van der Waals surface area contributed by atoms with E-state index in [0.29, 0.717) is 13.1 Å². The zero-order chi connectivity index (χ0) is 16.9. The molecule has 0 aliphatic rings. The number of benzene rings is 1. The molecule has 0 bridgehead atoms. The summed E-state index contributed by atoms with van der Waals surface area (Å²) in [7, 11) is 1.65. The van der Waals surface area contributed by atoms with E-state index in [1.165, 1.54) is 0 Å². The van der Waals surface area contributed by atoms with E-state index in [0.717, 1.165) is 33.6 Å². The Morgan fingerprint density at radius 2 is 2.08 bits per heavy atom. The lowest BCUT2D eigenvalue weighted by Crippen LogP contribution is -2.26. The van der Waals surface area contributed by atoms with E-state index in [1.807, 2.05) is 49.5 Å². The molecule has 2 heterocycles. The van der Waals surface area contributed by atoms with E-state index in [2.05, 4.69) is 14.9 Å². The minimum atomic E-state index is 0.0765. The molecule has 3 rings (SSSR count). The first-order chi connectivity index (χ1) is 11.7. The van der Waals surface area contributed by atoms with E-state index in [1.54, 1.807) is 13.3 Å². The Labute approximate surface area is 141 Å². The molecule has 0 saturated heterocycles. The van der Waals surface area contributed by atoms with Crippen molar-refractivity contribution in [2.75, 3.05) is 25.2 Å². The Kier molecular flexibility index (Phi) is 4.91. The largest absolute Gasteiger partial charge is 0.494 e. The number of methoxy groups -OCH3 is 1. The van der Waals surface area contributed by atoms with Crippen molar-refractivity contribution in [1.82, 2.24) is 9.97 Å². The number of ether oxygens (including phenoxy) is 1. The average Bonchev–Trinajstić information content (AvgIpc) is 2.61. The van der Waals surface area contributed by atoms with Crippen LogP contribution in [0.15, 0.2) is 48.8 Å². The number of aromatic nitrogens is 2. The molecule has 0 unspecified atom stereocenters. The minimum absolute atomic E-state index is 0.0765. The van der Waals surface area contributed by atoms with Gasteiger partial charge in [-0.2, -0.15) is 0 Å². The molecular weight excluding hydrogens is 302 g/mol. The average molecular weight is 323 g/mol. The number of aliphatic hydroxyl groups excluding tert-OH is 1.